The van der Waals surface area contributed by atoms with Crippen LogP contribution in [0.1, 0.15) is 26.3 Å². The highest BCUT2D eigenvalue weighted by Gasteiger charge is 2.10. The van der Waals surface area contributed by atoms with Crippen LogP contribution in [0.25, 0.3) is 0 Å². The van der Waals surface area contributed by atoms with E-state index in [2.05, 4.69) is 10.6 Å². The highest BCUT2D eigenvalue weighted by atomic mass is 16.2. The average Bonchev–Trinajstić information content (AvgIpc) is 2.68. The summed E-state index contributed by atoms with van der Waals surface area (Å²) in [6.07, 6.45) is 0. The Kier molecular flexibility index (Phi) is 5.75. The molecule has 0 aromatic heterocycles. The van der Waals surface area contributed by atoms with Crippen LogP contribution in [0.15, 0.2) is 72.8 Å². The van der Waals surface area contributed by atoms with E-state index >= 15 is 0 Å². The Morgan fingerprint density at radius 2 is 1.25 bits per heavy atom. The molecule has 0 aliphatic heterocycles. The summed E-state index contributed by atoms with van der Waals surface area (Å²) < 4.78 is 0. The number of benzene rings is 3. The van der Waals surface area contributed by atoms with E-state index in [1.807, 2.05) is 74.4 Å². The summed E-state index contributed by atoms with van der Waals surface area (Å²) in [6.45, 7) is 1.97. The summed E-state index contributed by atoms with van der Waals surface area (Å²) in [5.74, 6) is -0.430. The molecular weight excluding hydrogens is 350 g/mol. The quantitative estimate of drug-likeness (QED) is 0.689. The number of carbonyl (C=O) groups excluding carboxylic acids is 2. The fourth-order valence-electron chi connectivity index (χ4n) is 2.75. The van der Waals surface area contributed by atoms with Crippen molar-refractivity contribution in [1.82, 2.24) is 0 Å². The number of hydrogen-bond donors (Lipinski definition) is 2. The summed E-state index contributed by atoms with van der Waals surface area (Å²) in [7, 11) is 3.93. The van der Waals surface area contributed by atoms with E-state index < -0.39 is 0 Å². The van der Waals surface area contributed by atoms with Gasteiger partial charge in [0.05, 0.1) is 0 Å². The minimum absolute atomic E-state index is 0.211. The maximum absolute atomic E-state index is 12.4. The van der Waals surface area contributed by atoms with E-state index in [1.54, 1.807) is 24.3 Å². The van der Waals surface area contributed by atoms with Gasteiger partial charge in [-0.2, -0.15) is 0 Å². The first kappa shape index (κ1) is 19.2. The lowest BCUT2D eigenvalue weighted by atomic mass is 10.1. The number of rotatable bonds is 5. The standard InChI is InChI=1S/C23H23N3O2/c1-16-5-4-6-20(15-16)25-23(28)18-9-7-17(8-10-18)22(27)24-19-11-13-21(14-12-19)26(2)3/h4-15H,1-3H3,(H,24,27)(H,25,28). The van der Waals surface area contributed by atoms with Gasteiger partial charge in [0.15, 0.2) is 0 Å². The van der Waals surface area contributed by atoms with E-state index in [4.69, 9.17) is 0 Å². The molecule has 0 heterocycles. The Morgan fingerprint density at radius 1 is 0.714 bits per heavy atom. The third-order valence-electron chi connectivity index (χ3n) is 4.33. The number of hydrogen-bond acceptors (Lipinski definition) is 3. The summed E-state index contributed by atoms with van der Waals surface area (Å²) >= 11 is 0. The Hall–Kier alpha value is -3.60. The predicted molar refractivity (Wildman–Crippen MR) is 114 cm³/mol. The van der Waals surface area contributed by atoms with Crippen LogP contribution in [0, 0.1) is 6.92 Å². The van der Waals surface area contributed by atoms with Crippen LogP contribution in [0.4, 0.5) is 17.1 Å². The molecule has 5 nitrogen and oxygen atoms in total. The molecule has 0 bridgehead atoms. The maximum atomic E-state index is 12.4. The molecule has 0 saturated heterocycles. The van der Waals surface area contributed by atoms with Gasteiger partial charge < -0.3 is 15.5 Å². The summed E-state index contributed by atoms with van der Waals surface area (Å²) in [4.78, 5) is 26.8. The van der Waals surface area contributed by atoms with Gasteiger partial charge in [-0.3, -0.25) is 9.59 Å². The molecule has 142 valence electrons. The first-order valence-corrected chi connectivity index (χ1v) is 8.99. The molecule has 3 rings (SSSR count). The number of amides is 2. The molecule has 0 unspecified atom stereocenters. The van der Waals surface area contributed by atoms with Crippen molar-refractivity contribution in [3.05, 3.63) is 89.5 Å². The van der Waals surface area contributed by atoms with Gasteiger partial charge in [-0.1, -0.05) is 12.1 Å². The number of nitrogens with zero attached hydrogens (tertiary/aromatic N) is 1. The highest BCUT2D eigenvalue weighted by Crippen LogP contribution is 2.17. The molecular formula is C23H23N3O2. The maximum Gasteiger partial charge on any atom is 0.255 e. The van der Waals surface area contributed by atoms with Gasteiger partial charge in [-0.25, -0.2) is 0 Å². The largest absolute Gasteiger partial charge is 0.378 e. The summed E-state index contributed by atoms with van der Waals surface area (Å²) in [5, 5.41) is 5.72. The van der Waals surface area contributed by atoms with E-state index in [9.17, 15) is 9.59 Å². The molecule has 28 heavy (non-hydrogen) atoms. The first-order chi connectivity index (χ1) is 13.4. The molecule has 0 saturated carbocycles. The second kappa shape index (κ2) is 8.39. The van der Waals surface area contributed by atoms with Crippen LogP contribution in [-0.2, 0) is 0 Å². The minimum Gasteiger partial charge on any atom is -0.378 e. The van der Waals surface area contributed by atoms with Crippen molar-refractivity contribution in [1.29, 1.82) is 0 Å². The molecule has 0 aliphatic rings. The van der Waals surface area contributed by atoms with Crippen molar-refractivity contribution in [2.45, 2.75) is 6.92 Å². The molecule has 0 atom stereocenters. The second-order valence-corrected chi connectivity index (χ2v) is 6.80. The van der Waals surface area contributed by atoms with Gasteiger partial charge in [-0.05, 0) is 73.2 Å². The van der Waals surface area contributed by atoms with Gasteiger partial charge in [0.1, 0.15) is 0 Å². The van der Waals surface area contributed by atoms with Crippen LogP contribution >= 0.6 is 0 Å². The lowest BCUT2D eigenvalue weighted by Gasteiger charge is -2.13. The lowest BCUT2D eigenvalue weighted by Crippen LogP contribution is -2.14. The number of aryl methyl sites for hydroxylation is 1. The zero-order chi connectivity index (χ0) is 20.1. The molecule has 0 aliphatic carbocycles. The number of nitrogens with one attached hydrogen (secondary N) is 2. The molecule has 0 spiro atoms. The zero-order valence-electron chi connectivity index (χ0n) is 16.2. The van der Waals surface area contributed by atoms with E-state index in [1.165, 1.54) is 0 Å². The molecule has 2 N–H and O–H groups in total. The van der Waals surface area contributed by atoms with Crippen molar-refractivity contribution in [3.8, 4) is 0 Å². The van der Waals surface area contributed by atoms with Crippen LogP contribution in [0.3, 0.4) is 0 Å². The van der Waals surface area contributed by atoms with Gasteiger partial charge in [0.2, 0.25) is 0 Å². The van der Waals surface area contributed by atoms with Gasteiger partial charge in [-0.15, -0.1) is 0 Å². The van der Waals surface area contributed by atoms with Gasteiger partial charge in [0, 0.05) is 42.3 Å². The minimum atomic E-state index is -0.219. The molecule has 0 radical (unpaired) electrons. The fraction of sp³-hybridized carbons (Fsp3) is 0.130. The van der Waals surface area contributed by atoms with Gasteiger partial charge >= 0.3 is 0 Å². The molecule has 5 heteroatoms. The van der Waals surface area contributed by atoms with Crippen LogP contribution in [0.5, 0.6) is 0 Å². The zero-order valence-corrected chi connectivity index (χ0v) is 16.2. The molecule has 3 aromatic carbocycles. The number of anilines is 3. The number of carbonyl (C=O) groups is 2. The third kappa shape index (κ3) is 4.76. The second-order valence-electron chi connectivity index (χ2n) is 6.80. The first-order valence-electron chi connectivity index (χ1n) is 8.99. The smallest absolute Gasteiger partial charge is 0.255 e. The van der Waals surface area contributed by atoms with Gasteiger partial charge in [0.25, 0.3) is 11.8 Å². The van der Waals surface area contributed by atoms with E-state index in [-0.39, 0.29) is 11.8 Å². The molecule has 3 aromatic rings. The van der Waals surface area contributed by atoms with Crippen molar-refractivity contribution in [2.75, 3.05) is 29.6 Å². The van der Waals surface area contributed by atoms with Crippen LogP contribution in [0.2, 0.25) is 0 Å². The van der Waals surface area contributed by atoms with Crippen LogP contribution in [-0.4, -0.2) is 25.9 Å². The normalized spacial score (nSPS) is 10.2. The molecule has 0 fully saturated rings. The Balaban J connectivity index is 1.64. The van der Waals surface area contributed by atoms with Crippen molar-refractivity contribution in [2.24, 2.45) is 0 Å². The topological polar surface area (TPSA) is 61.4 Å². The lowest BCUT2D eigenvalue weighted by molar-refractivity contribution is 0.101. The van der Waals surface area contributed by atoms with Crippen LogP contribution < -0.4 is 15.5 Å². The predicted octanol–water partition coefficient (Wildman–Crippen LogP) is 4.57. The Morgan fingerprint density at radius 3 is 1.75 bits per heavy atom. The monoisotopic (exact) mass is 373 g/mol. The van der Waals surface area contributed by atoms with Crippen molar-refractivity contribution < 1.29 is 9.59 Å². The average molecular weight is 373 g/mol. The SMILES string of the molecule is Cc1cccc(NC(=O)c2ccc(C(=O)Nc3ccc(N(C)C)cc3)cc2)c1. The summed E-state index contributed by atoms with van der Waals surface area (Å²) in [6, 6.07) is 21.8. The Labute approximate surface area is 165 Å². The van der Waals surface area contributed by atoms with E-state index in [0.29, 0.717) is 11.1 Å². The molecule has 2 amide bonds. The van der Waals surface area contributed by atoms with E-state index in [0.717, 1.165) is 22.6 Å². The highest BCUT2D eigenvalue weighted by molar-refractivity contribution is 6.07. The van der Waals surface area contributed by atoms with Crippen molar-refractivity contribution in [3.63, 3.8) is 0 Å². The fourth-order valence-corrected chi connectivity index (χ4v) is 2.75. The Bertz CT molecular complexity index is 977. The third-order valence-corrected chi connectivity index (χ3v) is 4.33. The summed E-state index contributed by atoms with van der Waals surface area (Å²) in [5.41, 5.74) is 4.58. The van der Waals surface area contributed by atoms with Crippen molar-refractivity contribution >= 4 is 28.9 Å².